The van der Waals surface area contributed by atoms with Crippen molar-refractivity contribution in [3.63, 3.8) is 0 Å². The maximum atomic E-state index is 11.2. The van der Waals surface area contributed by atoms with E-state index in [1.165, 1.54) is 7.11 Å². The molecule has 0 radical (unpaired) electrons. The molecular formula is C11H13NO3. The molecule has 4 heteroatoms. The van der Waals surface area contributed by atoms with E-state index < -0.39 is 11.5 Å². The van der Waals surface area contributed by atoms with Gasteiger partial charge in [0.1, 0.15) is 0 Å². The summed E-state index contributed by atoms with van der Waals surface area (Å²) in [5.41, 5.74) is 0.909. The minimum atomic E-state index is -1.00. The number of anilines is 1. The van der Waals surface area contributed by atoms with Crippen LogP contribution in [0.1, 0.15) is 5.56 Å². The number of aliphatic carboxylic acids is 1. The first-order chi connectivity index (χ1) is 7.18. The van der Waals surface area contributed by atoms with Crippen LogP contribution in [0.15, 0.2) is 24.3 Å². The minimum absolute atomic E-state index is 0.164. The maximum Gasteiger partial charge on any atom is 0.332 e. The number of carboxylic acids is 1. The van der Waals surface area contributed by atoms with Crippen LogP contribution >= 0.6 is 0 Å². The van der Waals surface area contributed by atoms with E-state index in [4.69, 9.17) is 4.74 Å². The summed E-state index contributed by atoms with van der Waals surface area (Å²) in [5.74, 6) is -0.874. The summed E-state index contributed by atoms with van der Waals surface area (Å²) in [6, 6.07) is 7.61. The summed E-state index contributed by atoms with van der Waals surface area (Å²) in [6.07, 6.45) is 0.465. The first-order valence-electron chi connectivity index (χ1n) is 4.76. The number of hydrogen-bond acceptors (Lipinski definition) is 3. The molecule has 2 rings (SSSR count). The summed E-state index contributed by atoms with van der Waals surface area (Å²) in [4.78, 5) is 11.2. The zero-order valence-electron chi connectivity index (χ0n) is 8.49. The highest BCUT2D eigenvalue weighted by molar-refractivity contribution is 5.86. The molecule has 2 N–H and O–H groups in total. The molecule has 1 aliphatic rings. The van der Waals surface area contributed by atoms with Crippen LogP contribution in [-0.2, 0) is 16.0 Å². The van der Waals surface area contributed by atoms with Crippen LogP contribution in [0.2, 0.25) is 0 Å². The largest absolute Gasteiger partial charge is 0.479 e. The average Bonchev–Trinajstić information content (AvgIpc) is 2.57. The van der Waals surface area contributed by atoms with Crippen LogP contribution in [0.5, 0.6) is 0 Å². The normalized spacial score (nSPS) is 23.3. The lowest BCUT2D eigenvalue weighted by molar-refractivity contribution is -0.143. The highest BCUT2D eigenvalue weighted by Crippen LogP contribution is 2.32. The highest BCUT2D eigenvalue weighted by Gasteiger charge is 2.43. The van der Waals surface area contributed by atoms with E-state index in [0.29, 0.717) is 6.42 Å². The molecule has 1 aromatic carbocycles. The fourth-order valence-electron chi connectivity index (χ4n) is 1.95. The van der Waals surface area contributed by atoms with Crippen molar-refractivity contribution >= 4 is 11.7 Å². The van der Waals surface area contributed by atoms with Crippen LogP contribution in [0.3, 0.4) is 0 Å². The second-order valence-corrected chi connectivity index (χ2v) is 3.78. The quantitative estimate of drug-likeness (QED) is 0.780. The fourth-order valence-corrected chi connectivity index (χ4v) is 1.95. The predicted molar refractivity (Wildman–Crippen MR) is 56.0 cm³/mol. The Balaban J connectivity index is 2.32. The van der Waals surface area contributed by atoms with Gasteiger partial charge in [-0.05, 0) is 11.6 Å². The number of methoxy groups -OCH3 is 1. The van der Waals surface area contributed by atoms with Gasteiger partial charge < -0.3 is 15.2 Å². The van der Waals surface area contributed by atoms with Crippen molar-refractivity contribution in [1.82, 2.24) is 0 Å². The zero-order valence-corrected chi connectivity index (χ0v) is 8.49. The number of nitrogens with one attached hydrogen (secondary N) is 1. The average molecular weight is 207 g/mol. The van der Waals surface area contributed by atoms with E-state index in [-0.39, 0.29) is 6.61 Å². The van der Waals surface area contributed by atoms with Gasteiger partial charge in [0.25, 0.3) is 0 Å². The van der Waals surface area contributed by atoms with Gasteiger partial charge >= 0.3 is 5.97 Å². The lowest BCUT2D eigenvalue weighted by atomic mass is 9.96. The number of fused-ring (bicyclic) bond motifs is 1. The molecule has 1 unspecified atom stereocenters. The fraction of sp³-hybridized carbons (Fsp3) is 0.364. The van der Waals surface area contributed by atoms with E-state index >= 15 is 0 Å². The smallest absolute Gasteiger partial charge is 0.332 e. The van der Waals surface area contributed by atoms with Gasteiger partial charge in [-0.15, -0.1) is 0 Å². The van der Waals surface area contributed by atoms with Crippen LogP contribution in [0.4, 0.5) is 5.69 Å². The molecule has 4 nitrogen and oxygen atoms in total. The topological polar surface area (TPSA) is 58.6 Å². The number of ether oxygens (including phenoxy) is 1. The third kappa shape index (κ3) is 1.57. The van der Waals surface area contributed by atoms with Gasteiger partial charge in [-0.3, -0.25) is 0 Å². The number of para-hydroxylation sites is 1. The zero-order chi connectivity index (χ0) is 10.9. The standard InChI is InChI=1S/C11H13NO3/c1-15-7-11(10(13)14)6-8-4-2-3-5-9(8)12-11/h2-5,12H,6-7H2,1H3,(H,13,14). The van der Waals surface area contributed by atoms with Gasteiger partial charge in [-0.25, -0.2) is 4.79 Å². The summed E-state index contributed by atoms with van der Waals surface area (Å²) >= 11 is 0. The Kier molecular flexibility index (Phi) is 2.36. The first-order valence-corrected chi connectivity index (χ1v) is 4.76. The van der Waals surface area contributed by atoms with Crippen LogP contribution < -0.4 is 5.32 Å². The van der Waals surface area contributed by atoms with Crippen LogP contribution in [0.25, 0.3) is 0 Å². The Morgan fingerprint density at radius 3 is 2.93 bits per heavy atom. The number of hydrogen-bond donors (Lipinski definition) is 2. The molecule has 0 bridgehead atoms. The van der Waals surface area contributed by atoms with E-state index in [0.717, 1.165) is 11.3 Å². The second-order valence-electron chi connectivity index (χ2n) is 3.78. The van der Waals surface area contributed by atoms with E-state index in [1.807, 2.05) is 24.3 Å². The molecule has 0 aliphatic carbocycles. The third-order valence-corrected chi connectivity index (χ3v) is 2.68. The van der Waals surface area contributed by atoms with Crippen molar-refractivity contribution in [2.24, 2.45) is 0 Å². The van der Waals surface area contributed by atoms with E-state index in [2.05, 4.69) is 5.32 Å². The molecule has 0 amide bonds. The van der Waals surface area contributed by atoms with Crippen molar-refractivity contribution in [1.29, 1.82) is 0 Å². The van der Waals surface area contributed by atoms with Gasteiger partial charge in [0.15, 0.2) is 5.54 Å². The van der Waals surface area contributed by atoms with Gasteiger partial charge in [0.05, 0.1) is 6.61 Å². The third-order valence-electron chi connectivity index (χ3n) is 2.68. The first kappa shape index (κ1) is 9.98. The Hall–Kier alpha value is -1.55. The molecule has 0 saturated heterocycles. The molecule has 0 fully saturated rings. The molecule has 0 saturated carbocycles. The van der Waals surface area contributed by atoms with Crippen LogP contribution in [-0.4, -0.2) is 30.3 Å². The Labute approximate surface area is 87.9 Å². The van der Waals surface area contributed by atoms with Gasteiger partial charge in [-0.2, -0.15) is 0 Å². The number of carbonyl (C=O) groups is 1. The maximum absolute atomic E-state index is 11.2. The monoisotopic (exact) mass is 207 g/mol. The van der Waals surface area contributed by atoms with Crippen LogP contribution in [0, 0.1) is 0 Å². The summed E-state index contributed by atoms with van der Waals surface area (Å²) in [5, 5.41) is 12.2. The van der Waals surface area contributed by atoms with Gasteiger partial charge in [-0.1, -0.05) is 18.2 Å². The summed E-state index contributed by atoms with van der Waals surface area (Å²) in [6.45, 7) is 0.164. The van der Waals surface area contributed by atoms with E-state index in [1.54, 1.807) is 0 Å². The molecule has 1 aliphatic heterocycles. The number of carboxylic acid groups (broad SMARTS) is 1. The molecule has 1 atom stereocenters. The lowest BCUT2D eigenvalue weighted by Gasteiger charge is -2.23. The van der Waals surface area contributed by atoms with Crippen molar-refractivity contribution in [2.75, 3.05) is 19.0 Å². The highest BCUT2D eigenvalue weighted by atomic mass is 16.5. The Bertz CT molecular complexity index is 364. The second kappa shape index (κ2) is 3.55. The Morgan fingerprint density at radius 1 is 1.60 bits per heavy atom. The van der Waals surface area contributed by atoms with E-state index in [9.17, 15) is 9.90 Å². The Morgan fingerprint density at radius 2 is 2.33 bits per heavy atom. The summed E-state index contributed by atoms with van der Waals surface area (Å²) < 4.78 is 4.98. The lowest BCUT2D eigenvalue weighted by Crippen LogP contribution is -2.48. The molecule has 1 aromatic rings. The van der Waals surface area contributed by atoms with Crippen molar-refractivity contribution < 1.29 is 14.6 Å². The van der Waals surface area contributed by atoms with Gasteiger partial charge in [0, 0.05) is 19.2 Å². The van der Waals surface area contributed by atoms with Crippen molar-refractivity contribution in [3.05, 3.63) is 29.8 Å². The van der Waals surface area contributed by atoms with Crippen molar-refractivity contribution in [2.45, 2.75) is 12.0 Å². The number of benzene rings is 1. The molecule has 15 heavy (non-hydrogen) atoms. The SMILES string of the molecule is COCC1(C(=O)O)Cc2ccccc2N1. The molecule has 0 aromatic heterocycles. The molecular weight excluding hydrogens is 194 g/mol. The predicted octanol–water partition coefficient (Wildman–Crippen LogP) is 1.12. The molecule has 80 valence electrons. The molecule has 1 heterocycles. The number of rotatable bonds is 3. The van der Waals surface area contributed by atoms with Gasteiger partial charge in [0.2, 0.25) is 0 Å². The van der Waals surface area contributed by atoms with Crippen molar-refractivity contribution in [3.8, 4) is 0 Å². The molecule has 0 spiro atoms. The minimum Gasteiger partial charge on any atom is -0.479 e. The summed E-state index contributed by atoms with van der Waals surface area (Å²) in [7, 11) is 1.51.